The summed E-state index contributed by atoms with van der Waals surface area (Å²) < 4.78 is 5.42. The summed E-state index contributed by atoms with van der Waals surface area (Å²) in [6.07, 6.45) is 8.53. The smallest absolute Gasteiger partial charge is 0.229 e. The molecule has 90 valence electrons. The maximum atomic E-state index is 5.42. The highest BCUT2D eigenvalue weighted by Crippen LogP contribution is 2.39. The molecule has 0 radical (unpaired) electrons. The average molecular weight is 222 g/mol. The van der Waals surface area contributed by atoms with Gasteiger partial charge in [0.2, 0.25) is 5.89 Å². The van der Waals surface area contributed by atoms with Gasteiger partial charge < -0.3 is 4.52 Å². The molecule has 1 saturated carbocycles. The number of unbranched alkanes of at least 4 members (excludes halogenated alkanes) is 1. The molecular formula is C13H22N2O. The van der Waals surface area contributed by atoms with Crippen LogP contribution >= 0.6 is 0 Å². The van der Waals surface area contributed by atoms with Gasteiger partial charge in [0.15, 0.2) is 5.82 Å². The SMILES string of the molecule is CCCCC(CCC)c1nc(C2CC2)no1. The van der Waals surface area contributed by atoms with Gasteiger partial charge in [0.25, 0.3) is 0 Å². The van der Waals surface area contributed by atoms with E-state index < -0.39 is 0 Å². The lowest BCUT2D eigenvalue weighted by Gasteiger charge is -2.09. The summed E-state index contributed by atoms with van der Waals surface area (Å²) in [6, 6.07) is 0. The van der Waals surface area contributed by atoms with Crippen LogP contribution in [0.25, 0.3) is 0 Å². The minimum absolute atomic E-state index is 0.491. The molecule has 0 aromatic carbocycles. The lowest BCUT2D eigenvalue weighted by atomic mass is 9.97. The normalized spacial score (nSPS) is 17.6. The zero-order chi connectivity index (χ0) is 11.4. The van der Waals surface area contributed by atoms with Crippen LogP contribution in [0.15, 0.2) is 4.52 Å². The topological polar surface area (TPSA) is 38.9 Å². The first kappa shape index (κ1) is 11.6. The molecule has 1 unspecified atom stereocenters. The molecule has 0 amide bonds. The molecule has 1 aromatic heterocycles. The van der Waals surface area contributed by atoms with E-state index in [9.17, 15) is 0 Å². The van der Waals surface area contributed by atoms with Crippen LogP contribution in [-0.2, 0) is 0 Å². The number of rotatable bonds is 7. The minimum atomic E-state index is 0.491. The van der Waals surface area contributed by atoms with Crippen molar-refractivity contribution in [3.8, 4) is 0 Å². The van der Waals surface area contributed by atoms with E-state index in [1.807, 2.05) is 0 Å². The van der Waals surface area contributed by atoms with Crippen LogP contribution in [0.2, 0.25) is 0 Å². The van der Waals surface area contributed by atoms with Gasteiger partial charge in [-0.3, -0.25) is 0 Å². The fourth-order valence-electron chi connectivity index (χ4n) is 2.11. The predicted molar refractivity (Wildman–Crippen MR) is 63.4 cm³/mol. The van der Waals surface area contributed by atoms with E-state index in [2.05, 4.69) is 24.0 Å². The third-order valence-corrected chi connectivity index (χ3v) is 3.29. The van der Waals surface area contributed by atoms with E-state index in [1.54, 1.807) is 0 Å². The Morgan fingerprint density at radius 2 is 2.06 bits per heavy atom. The van der Waals surface area contributed by atoms with Crippen molar-refractivity contribution >= 4 is 0 Å². The van der Waals surface area contributed by atoms with Crippen LogP contribution in [0.4, 0.5) is 0 Å². The Morgan fingerprint density at radius 1 is 1.25 bits per heavy atom. The first-order valence-corrected chi connectivity index (χ1v) is 6.68. The van der Waals surface area contributed by atoms with E-state index in [0.717, 1.165) is 11.7 Å². The molecule has 3 nitrogen and oxygen atoms in total. The first-order chi connectivity index (χ1) is 7.85. The lowest BCUT2D eigenvalue weighted by Crippen LogP contribution is -1.99. The maximum Gasteiger partial charge on any atom is 0.229 e. The minimum Gasteiger partial charge on any atom is -0.339 e. The molecule has 0 aliphatic heterocycles. The van der Waals surface area contributed by atoms with Gasteiger partial charge in [0.1, 0.15) is 0 Å². The molecule has 3 heteroatoms. The molecule has 2 rings (SSSR count). The number of hydrogen-bond acceptors (Lipinski definition) is 3. The maximum absolute atomic E-state index is 5.42. The van der Waals surface area contributed by atoms with Crippen molar-refractivity contribution in [2.45, 2.75) is 70.6 Å². The molecule has 0 saturated heterocycles. The van der Waals surface area contributed by atoms with Gasteiger partial charge in [-0.15, -0.1) is 0 Å². The van der Waals surface area contributed by atoms with Crippen molar-refractivity contribution in [1.29, 1.82) is 0 Å². The van der Waals surface area contributed by atoms with Gasteiger partial charge in [-0.05, 0) is 25.7 Å². The summed E-state index contributed by atoms with van der Waals surface area (Å²) in [4.78, 5) is 4.57. The molecule has 1 atom stereocenters. The van der Waals surface area contributed by atoms with Crippen LogP contribution in [0.1, 0.15) is 82.3 Å². The van der Waals surface area contributed by atoms with Gasteiger partial charge in [-0.25, -0.2) is 0 Å². The second-order valence-electron chi connectivity index (χ2n) is 4.89. The van der Waals surface area contributed by atoms with Crippen molar-refractivity contribution in [3.63, 3.8) is 0 Å². The average Bonchev–Trinajstić information content (AvgIpc) is 3.03. The Bertz CT molecular complexity index is 317. The van der Waals surface area contributed by atoms with Crippen LogP contribution in [0, 0.1) is 0 Å². The quantitative estimate of drug-likeness (QED) is 0.699. The number of nitrogens with zero attached hydrogens (tertiary/aromatic N) is 2. The molecule has 0 spiro atoms. The zero-order valence-corrected chi connectivity index (χ0v) is 10.4. The summed E-state index contributed by atoms with van der Waals surface area (Å²) in [6.45, 7) is 4.45. The summed E-state index contributed by atoms with van der Waals surface area (Å²) in [5.41, 5.74) is 0. The Hall–Kier alpha value is -0.860. The van der Waals surface area contributed by atoms with E-state index in [0.29, 0.717) is 11.8 Å². The Labute approximate surface area is 97.6 Å². The van der Waals surface area contributed by atoms with Crippen molar-refractivity contribution in [2.75, 3.05) is 0 Å². The van der Waals surface area contributed by atoms with E-state index in [1.165, 1.54) is 44.9 Å². The third kappa shape index (κ3) is 2.83. The monoisotopic (exact) mass is 222 g/mol. The Kier molecular flexibility index (Phi) is 3.97. The van der Waals surface area contributed by atoms with Crippen LogP contribution in [0.5, 0.6) is 0 Å². The van der Waals surface area contributed by atoms with Crippen LogP contribution in [-0.4, -0.2) is 10.1 Å². The number of hydrogen-bond donors (Lipinski definition) is 0. The molecule has 0 bridgehead atoms. The molecule has 1 fully saturated rings. The van der Waals surface area contributed by atoms with Gasteiger partial charge >= 0.3 is 0 Å². The van der Waals surface area contributed by atoms with E-state index >= 15 is 0 Å². The molecule has 1 aliphatic carbocycles. The molecule has 16 heavy (non-hydrogen) atoms. The fraction of sp³-hybridized carbons (Fsp3) is 0.846. The zero-order valence-electron chi connectivity index (χ0n) is 10.4. The third-order valence-electron chi connectivity index (χ3n) is 3.29. The highest BCUT2D eigenvalue weighted by molar-refractivity contribution is 5.05. The second-order valence-corrected chi connectivity index (χ2v) is 4.89. The summed E-state index contributed by atoms with van der Waals surface area (Å²) in [7, 11) is 0. The van der Waals surface area contributed by atoms with Crippen LogP contribution in [0.3, 0.4) is 0 Å². The predicted octanol–water partition coefficient (Wildman–Crippen LogP) is 4.02. The van der Waals surface area contributed by atoms with Gasteiger partial charge in [-0.2, -0.15) is 4.98 Å². The largest absolute Gasteiger partial charge is 0.339 e. The highest BCUT2D eigenvalue weighted by atomic mass is 16.5. The highest BCUT2D eigenvalue weighted by Gasteiger charge is 2.29. The Morgan fingerprint density at radius 3 is 2.69 bits per heavy atom. The molecule has 1 aromatic rings. The standard InChI is InChI=1S/C13H22N2O/c1-3-5-7-11(6-4-2)13-14-12(15-16-13)10-8-9-10/h10-11H,3-9H2,1-2H3. The second kappa shape index (κ2) is 5.46. The first-order valence-electron chi connectivity index (χ1n) is 6.68. The van der Waals surface area contributed by atoms with Gasteiger partial charge in [0, 0.05) is 11.8 Å². The Balaban J connectivity index is 1.98. The van der Waals surface area contributed by atoms with Crippen molar-refractivity contribution < 1.29 is 4.52 Å². The van der Waals surface area contributed by atoms with Crippen molar-refractivity contribution in [2.24, 2.45) is 0 Å². The van der Waals surface area contributed by atoms with Crippen molar-refractivity contribution in [1.82, 2.24) is 10.1 Å². The summed E-state index contributed by atoms with van der Waals surface area (Å²) in [5, 5.41) is 4.10. The molecular weight excluding hydrogens is 200 g/mol. The molecule has 0 N–H and O–H groups in total. The summed E-state index contributed by atoms with van der Waals surface area (Å²) >= 11 is 0. The van der Waals surface area contributed by atoms with Gasteiger partial charge in [-0.1, -0.05) is 38.3 Å². The lowest BCUT2D eigenvalue weighted by molar-refractivity contribution is 0.332. The molecule has 1 heterocycles. The van der Waals surface area contributed by atoms with Gasteiger partial charge in [0.05, 0.1) is 0 Å². The fourth-order valence-corrected chi connectivity index (χ4v) is 2.11. The van der Waals surface area contributed by atoms with Crippen molar-refractivity contribution in [3.05, 3.63) is 11.7 Å². The van der Waals surface area contributed by atoms with E-state index in [-0.39, 0.29) is 0 Å². The van der Waals surface area contributed by atoms with E-state index in [4.69, 9.17) is 4.52 Å². The summed E-state index contributed by atoms with van der Waals surface area (Å²) in [5.74, 6) is 2.93. The van der Waals surface area contributed by atoms with Crippen LogP contribution < -0.4 is 0 Å². The number of aromatic nitrogens is 2. The molecule has 1 aliphatic rings.